The molecule has 0 heterocycles. The summed E-state index contributed by atoms with van der Waals surface area (Å²) in [5, 5.41) is 3.09. The van der Waals surface area contributed by atoms with Gasteiger partial charge >= 0.3 is 0 Å². The zero-order chi connectivity index (χ0) is 30.3. The monoisotopic (exact) mass is 593 g/mol. The molecule has 0 aromatic heterocycles. The number of nitrogens with one attached hydrogen (secondary N) is 1. The van der Waals surface area contributed by atoms with Crippen LogP contribution in [0.25, 0.3) is 0 Å². The van der Waals surface area contributed by atoms with Crippen molar-refractivity contribution in [2.45, 2.75) is 63.1 Å². The second-order valence-corrected chi connectivity index (χ2v) is 12.3. The highest BCUT2D eigenvalue weighted by atomic mass is 32.2. The van der Waals surface area contributed by atoms with Gasteiger partial charge < -0.3 is 19.7 Å². The summed E-state index contributed by atoms with van der Waals surface area (Å²) in [6.45, 7) is 3.20. The fourth-order valence-corrected chi connectivity index (χ4v) is 6.61. The van der Waals surface area contributed by atoms with E-state index in [4.69, 9.17) is 9.47 Å². The first-order valence-corrected chi connectivity index (χ1v) is 15.5. The predicted molar refractivity (Wildman–Crippen MR) is 162 cm³/mol. The van der Waals surface area contributed by atoms with Crippen LogP contribution in [-0.4, -0.2) is 58.0 Å². The largest absolute Gasteiger partial charge is 0.497 e. The fraction of sp³-hybridized carbons (Fsp3) is 0.375. The molecule has 0 aliphatic heterocycles. The van der Waals surface area contributed by atoms with Crippen LogP contribution in [0.1, 0.15) is 43.7 Å². The van der Waals surface area contributed by atoms with Crippen molar-refractivity contribution in [3.8, 4) is 11.5 Å². The van der Waals surface area contributed by atoms with Gasteiger partial charge in [-0.05, 0) is 62.1 Å². The Morgan fingerprint density at radius 2 is 1.62 bits per heavy atom. The summed E-state index contributed by atoms with van der Waals surface area (Å²) >= 11 is 0. The number of nitrogens with zero attached hydrogens (tertiary/aromatic N) is 2. The van der Waals surface area contributed by atoms with Crippen LogP contribution in [0.2, 0.25) is 0 Å². The molecule has 1 saturated carbocycles. The Bertz CT molecular complexity index is 1490. The second-order valence-electron chi connectivity index (χ2n) is 10.5. The van der Waals surface area contributed by atoms with E-state index in [9.17, 15) is 18.0 Å². The van der Waals surface area contributed by atoms with Gasteiger partial charge in [0.1, 0.15) is 24.1 Å². The van der Waals surface area contributed by atoms with E-state index in [2.05, 4.69) is 5.32 Å². The lowest BCUT2D eigenvalue weighted by molar-refractivity contribution is -0.139. The van der Waals surface area contributed by atoms with Gasteiger partial charge in [0.15, 0.2) is 0 Å². The molecule has 0 unspecified atom stereocenters. The fourth-order valence-electron chi connectivity index (χ4n) is 5.17. The minimum Gasteiger partial charge on any atom is -0.497 e. The van der Waals surface area contributed by atoms with Crippen LogP contribution in [-0.2, 0) is 26.2 Å². The highest BCUT2D eigenvalue weighted by Gasteiger charge is 2.34. The second kappa shape index (κ2) is 13.7. The first-order chi connectivity index (χ1) is 20.1. The standard InChI is InChI=1S/C32H39N3O6S/c1-23-12-8-9-13-25(23)21-34(24(2)32(37)33-26-14-10-11-15-26)31(36)22-35(42(38,39)28-16-6-5-7-17-28)29-20-27(40-3)18-19-30(29)41-4/h5-9,12-13,16-20,24,26H,10-11,14-15,21-22H2,1-4H3,(H,33,37)/t24-/m1/s1. The van der Waals surface area contributed by atoms with Gasteiger partial charge in [0.25, 0.3) is 10.0 Å². The third-order valence-corrected chi connectivity index (χ3v) is 9.51. The van der Waals surface area contributed by atoms with Crippen molar-refractivity contribution in [1.29, 1.82) is 0 Å². The lowest BCUT2D eigenvalue weighted by atomic mass is 10.1. The third kappa shape index (κ3) is 7.05. The number of carbonyl (C=O) groups is 2. The van der Waals surface area contributed by atoms with Crippen molar-refractivity contribution in [2.75, 3.05) is 25.1 Å². The molecule has 10 heteroatoms. The van der Waals surface area contributed by atoms with Gasteiger partial charge in [-0.3, -0.25) is 13.9 Å². The Hall–Kier alpha value is -4.05. The zero-order valence-electron chi connectivity index (χ0n) is 24.6. The Morgan fingerprint density at radius 1 is 0.952 bits per heavy atom. The zero-order valence-corrected chi connectivity index (χ0v) is 25.4. The SMILES string of the molecule is COc1ccc(OC)c(N(CC(=O)N(Cc2ccccc2C)[C@H](C)C(=O)NC2CCCC2)S(=O)(=O)c2ccccc2)c1. The molecule has 0 radical (unpaired) electrons. The molecule has 224 valence electrons. The summed E-state index contributed by atoms with van der Waals surface area (Å²) in [7, 11) is -1.33. The molecule has 0 saturated heterocycles. The van der Waals surface area contributed by atoms with Crippen molar-refractivity contribution in [1.82, 2.24) is 10.2 Å². The van der Waals surface area contributed by atoms with E-state index in [1.165, 1.54) is 37.3 Å². The lowest BCUT2D eigenvalue weighted by Crippen LogP contribution is -2.52. The van der Waals surface area contributed by atoms with E-state index < -0.39 is 28.5 Å². The van der Waals surface area contributed by atoms with Crippen molar-refractivity contribution in [2.24, 2.45) is 0 Å². The van der Waals surface area contributed by atoms with Crippen molar-refractivity contribution in [3.63, 3.8) is 0 Å². The minimum absolute atomic E-state index is 0.0140. The number of ether oxygens (including phenoxy) is 2. The Labute approximate surface area is 248 Å². The normalized spacial score (nSPS) is 14.2. The van der Waals surface area contributed by atoms with E-state index >= 15 is 0 Å². The van der Waals surface area contributed by atoms with Gasteiger partial charge in [0, 0.05) is 18.7 Å². The van der Waals surface area contributed by atoms with Gasteiger partial charge in [0.05, 0.1) is 24.8 Å². The topological polar surface area (TPSA) is 105 Å². The van der Waals surface area contributed by atoms with Gasteiger partial charge in [-0.25, -0.2) is 8.42 Å². The number of amides is 2. The van der Waals surface area contributed by atoms with E-state index in [0.717, 1.165) is 41.1 Å². The number of sulfonamides is 1. The number of benzene rings is 3. The summed E-state index contributed by atoms with van der Waals surface area (Å²) in [5.41, 5.74) is 1.97. The highest BCUT2D eigenvalue weighted by molar-refractivity contribution is 7.92. The van der Waals surface area contributed by atoms with Crippen LogP contribution in [0.4, 0.5) is 5.69 Å². The van der Waals surface area contributed by atoms with E-state index in [-0.39, 0.29) is 34.8 Å². The number of hydrogen-bond donors (Lipinski definition) is 1. The first kappa shape index (κ1) is 30.9. The molecule has 9 nitrogen and oxygen atoms in total. The molecule has 1 aliphatic carbocycles. The van der Waals surface area contributed by atoms with Crippen LogP contribution in [0.5, 0.6) is 11.5 Å². The quantitative estimate of drug-likeness (QED) is 0.327. The molecule has 4 rings (SSSR count). The number of carbonyl (C=O) groups excluding carboxylic acids is 2. The molecule has 1 atom stereocenters. The molecule has 3 aromatic rings. The molecule has 1 N–H and O–H groups in total. The van der Waals surface area contributed by atoms with E-state index in [0.29, 0.717) is 5.75 Å². The van der Waals surface area contributed by atoms with E-state index in [1.54, 1.807) is 37.3 Å². The third-order valence-electron chi connectivity index (χ3n) is 7.74. The Morgan fingerprint density at radius 3 is 2.26 bits per heavy atom. The molecule has 3 aromatic carbocycles. The number of rotatable bonds is 12. The summed E-state index contributed by atoms with van der Waals surface area (Å²) < 4.78 is 40.1. The smallest absolute Gasteiger partial charge is 0.264 e. The van der Waals surface area contributed by atoms with Crippen LogP contribution < -0.4 is 19.1 Å². The van der Waals surface area contributed by atoms with Crippen molar-refractivity contribution < 1.29 is 27.5 Å². The average molecular weight is 594 g/mol. The van der Waals surface area contributed by atoms with Gasteiger partial charge in [-0.1, -0.05) is 55.3 Å². The van der Waals surface area contributed by atoms with Crippen LogP contribution in [0.15, 0.2) is 77.7 Å². The van der Waals surface area contributed by atoms with Gasteiger partial charge in [-0.2, -0.15) is 0 Å². The average Bonchev–Trinajstić information content (AvgIpc) is 3.52. The maximum Gasteiger partial charge on any atom is 0.264 e. The number of anilines is 1. The van der Waals surface area contributed by atoms with Crippen LogP contribution >= 0.6 is 0 Å². The van der Waals surface area contributed by atoms with Crippen molar-refractivity contribution in [3.05, 3.63) is 83.9 Å². The molecule has 1 fully saturated rings. The molecule has 0 bridgehead atoms. The maximum absolute atomic E-state index is 14.2. The van der Waals surface area contributed by atoms with Gasteiger partial charge in [0.2, 0.25) is 11.8 Å². The van der Waals surface area contributed by atoms with Crippen LogP contribution in [0, 0.1) is 6.92 Å². The van der Waals surface area contributed by atoms with E-state index in [1.807, 2.05) is 31.2 Å². The number of hydrogen-bond acceptors (Lipinski definition) is 6. The molecular weight excluding hydrogens is 554 g/mol. The van der Waals surface area contributed by atoms with Crippen molar-refractivity contribution >= 4 is 27.5 Å². The molecular formula is C32H39N3O6S. The minimum atomic E-state index is -4.24. The molecule has 2 amide bonds. The van der Waals surface area contributed by atoms with Crippen LogP contribution in [0.3, 0.4) is 0 Å². The molecule has 0 spiro atoms. The summed E-state index contributed by atoms with van der Waals surface area (Å²) in [6.07, 6.45) is 3.92. The molecule has 1 aliphatic rings. The predicted octanol–water partition coefficient (Wildman–Crippen LogP) is 4.68. The number of methoxy groups -OCH3 is 2. The maximum atomic E-state index is 14.2. The Kier molecular flexibility index (Phi) is 10.1. The van der Waals surface area contributed by atoms with Gasteiger partial charge in [-0.15, -0.1) is 0 Å². The first-order valence-electron chi connectivity index (χ1n) is 14.1. The highest BCUT2D eigenvalue weighted by Crippen LogP contribution is 2.36. The summed E-state index contributed by atoms with van der Waals surface area (Å²) in [5.74, 6) is -0.148. The summed E-state index contributed by atoms with van der Waals surface area (Å²) in [6, 6.07) is 19.5. The molecule has 42 heavy (non-hydrogen) atoms. The summed E-state index contributed by atoms with van der Waals surface area (Å²) in [4.78, 5) is 29.1. The Balaban J connectivity index is 1.75. The lowest BCUT2D eigenvalue weighted by Gasteiger charge is -2.33. The number of aryl methyl sites for hydroxylation is 1.